The Morgan fingerprint density at radius 2 is 2.06 bits per heavy atom. The number of fused-ring (bicyclic) bond motifs is 2. The third-order valence-corrected chi connectivity index (χ3v) is 7.29. The average molecular weight is 446 g/mol. The van der Waals surface area contributed by atoms with Crippen LogP contribution in [0.3, 0.4) is 0 Å². The Morgan fingerprint density at radius 1 is 1.31 bits per heavy atom. The van der Waals surface area contributed by atoms with Gasteiger partial charge in [0, 0.05) is 30.5 Å². The van der Waals surface area contributed by atoms with E-state index in [1.54, 1.807) is 26.1 Å². The summed E-state index contributed by atoms with van der Waals surface area (Å²) in [5.74, 6) is 2.50. The number of carbonyl (C=O) groups excluding carboxylic acids is 2. The number of carbonyl (C=O) groups is 2. The monoisotopic (exact) mass is 445 g/mol. The number of ketones is 1. The maximum absolute atomic E-state index is 13.4. The van der Waals surface area contributed by atoms with E-state index in [-0.39, 0.29) is 23.8 Å². The quantitative estimate of drug-likeness (QED) is 0.639. The SMILES string of the molecule is CC(C)COc1c(C(=O)N[C@@H]2C3CC4CC(=O)CC2C(C4)C3)cnn1/C=C/C(C)(C)CF. The van der Waals surface area contributed by atoms with Crippen LogP contribution in [0.2, 0.25) is 0 Å². The second kappa shape index (κ2) is 8.99. The lowest BCUT2D eigenvalue weighted by Gasteiger charge is -2.29. The molecule has 3 aliphatic carbocycles. The summed E-state index contributed by atoms with van der Waals surface area (Å²) in [6.07, 6.45) is 9.47. The van der Waals surface area contributed by atoms with Crippen molar-refractivity contribution in [3.63, 3.8) is 0 Å². The van der Waals surface area contributed by atoms with Crippen LogP contribution in [0.5, 0.6) is 5.88 Å². The fourth-order valence-electron chi connectivity index (χ4n) is 5.72. The van der Waals surface area contributed by atoms with E-state index in [0.29, 0.717) is 54.4 Å². The van der Waals surface area contributed by atoms with Crippen molar-refractivity contribution in [2.24, 2.45) is 35.0 Å². The highest BCUT2D eigenvalue weighted by molar-refractivity contribution is 5.96. The van der Waals surface area contributed by atoms with Gasteiger partial charge in [0.2, 0.25) is 5.88 Å². The predicted octanol–water partition coefficient (Wildman–Crippen LogP) is 4.51. The lowest BCUT2D eigenvalue weighted by molar-refractivity contribution is -0.121. The van der Waals surface area contributed by atoms with Crippen LogP contribution in [0, 0.1) is 35.0 Å². The molecule has 0 aromatic carbocycles. The van der Waals surface area contributed by atoms with Crippen LogP contribution in [0.4, 0.5) is 4.39 Å². The number of Topliss-reactive ketones (excluding diaryl/α,β-unsaturated/α-hetero) is 1. The largest absolute Gasteiger partial charge is 0.477 e. The van der Waals surface area contributed by atoms with E-state index < -0.39 is 12.1 Å². The van der Waals surface area contributed by atoms with Crippen molar-refractivity contribution in [1.82, 2.24) is 15.1 Å². The summed E-state index contributed by atoms with van der Waals surface area (Å²) in [4.78, 5) is 25.7. The Hall–Kier alpha value is -2.18. The van der Waals surface area contributed by atoms with Gasteiger partial charge in [0.1, 0.15) is 11.3 Å². The Bertz CT molecular complexity index is 891. The summed E-state index contributed by atoms with van der Waals surface area (Å²) in [6, 6.07) is 0.0315. The van der Waals surface area contributed by atoms with Gasteiger partial charge < -0.3 is 10.1 Å². The number of amides is 1. The van der Waals surface area contributed by atoms with Crippen molar-refractivity contribution in [3.05, 3.63) is 17.8 Å². The number of hydrogen-bond donors (Lipinski definition) is 1. The molecule has 1 aromatic rings. The maximum atomic E-state index is 13.4. The molecule has 5 atom stereocenters. The van der Waals surface area contributed by atoms with Crippen LogP contribution >= 0.6 is 0 Å². The molecule has 0 saturated heterocycles. The molecule has 7 heteroatoms. The van der Waals surface area contributed by atoms with Crippen LogP contribution in [0.1, 0.15) is 70.2 Å². The summed E-state index contributed by atoms with van der Waals surface area (Å²) in [5, 5.41) is 7.59. The van der Waals surface area contributed by atoms with E-state index in [2.05, 4.69) is 10.4 Å². The van der Waals surface area contributed by atoms with Crippen molar-refractivity contribution in [2.75, 3.05) is 13.3 Å². The Labute approximate surface area is 190 Å². The van der Waals surface area contributed by atoms with Crippen LogP contribution < -0.4 is 10.1 Å². The van der Waals surface area contributed by atoms with Gasteiger partial charge in [-0.15, -0.1) is 0 Å². The number of aromatic nitrogens is 2. The molecule has 4 rings (SSSR count). The molecule has 3 bridgehead atoms. The molecule has 0 radical (unpaired) electrons. The second-order valence-electron chi connectivity index (χ2n) is 11.2. The number of nitrogens with zero attached hydrogens (tertiary/aromatic N) is 2. The van der Waals surface area contributed by atoms with Crippen LogP contribution in [-0.4, -0.2) is 40.8 Å². The Balaban J connectivity index is 1.56. The molecule has 3 aliphatic rings. The van der Waals surface area contributed by atoms with Gasteiger partial charge >= 0.3 is 0 Å². The molecule has 3 saturated carbocycles. The topological polar surface area (TPSA) is 73.2 Å². The normalized spacial score (nSPS) is 29.7. The fourth-order valence-corrected chi connectivity index (χ4v) is 5.72. The second-order valence-corrected chi connectivity index (χ2v) is 11.2. The van der Waals surface area contributed by atoms with Gasteiger partial charge in [-0.25, -0.2) is 4.68 Å². The number of ether oxygens (including phenoxy) is 1. The van der Waals surface area contributed by atoms with Crippen molar-refractivity contribution < 1.29 is 18.7 Å². The maximum Gasteiger partial charge on any atom is 0.258 e. The fraction of sp³-hybridized carbons (Fsp3) is 0.720. The van der Waals surface area contributed by atoms with Gasteiger partial charge in [0.15, 0.2) is 0 Å². The molecule has 1 heterocycles. The van der Waals surface area contributed by atoms with Crippen LogP contribution in [-0.2, 0) is 4.79 Å². The smallest absolute Gasteiger partial charge is 0.258 e. The van der Waals surface area contributed by atoms with Gasteiger partial charge in [0.25, 0.3) is 5.91 Å². The van der Waals surface area contributed by atoms with Crippen LogP contribution in [0.15, 0.2) is 12.3 Å². The minimum Gasteiger partial charge on any atom is -0.477 e. The zero-order valence-electron chi connectivity index (χ0n) is 19.6. The van der Waals surface area contributed by atoms with E-state index in [4.69, 9.17) is 4.74 Å². The zero-order chi connectivity index (χ0) is 23.0. The summed E-state index contributed by atoms with van der Waals surface area (Å²) < 4.78 is 20.7. The number of rotatable bonds is 8. The van der Waals surface area contributed by atoms with Crippen molar-refractivity contribution in [2.45, 2.75) is 65.8 Å². The number of hydrogen-bond acceptors (Lipinski definition) is 4. The molecular formula is C25H36FN3O3. The number of alkyl halides is 1. The molecular weight excluding hydrogens is 409 g/mol. The van der Waals surface area contributed by atoms with Gasteiger partial charge in [-0.2, -0.15) is 5.10 Å². The molecule has 176 valence electrons. The summed E-state index contributed by atoms with van der Waals surface area (Å²) in [5.41, 5.74) is -0.247. The van der Waals surface area contributed by atoms with E-state index in [1.807, 2.05) is 13.8 Å². The third-order valence-electron chi connectivity index (χ3n) is 7.29. The first-order chi connectivity index (χ1) is 15.2. The summed E-state index contributed by atoms with van der Waals surface area (Å²) in [6.45, 7) is 7.62. The molecule has 4 unspecified atom stereocenters. The van der Waals surface area contributed by atoms with Crippen molar-refractivity contribution >= 4 is 17.9 Å². The molecule has 32 heavy (non-hydrogen) atoms. The molecule has 3 fully saturated rings. The van der Waals surface area contributed by atoms with Gasteiger partial charge in [0.05, 0.1) is 19.5 Å². The van der Waals surface area contributed by atoms with E-state index >= 15 is 0 Å². The number of halogens is 1. The first-order valence-electron chi connectivity index (χ1n) is 11.9. The van der Waals surface area contributed by atoms with Crippen LogP contribution in [0.25, 0.3) is 6.20 Å². The Kier molecular flexibility index (Phi) is 6.46. The molecule has 1 amide bonds. The van der Waals surface area contributed by atoms with E-state index in [0.717, 1.165) is 19.3 Å². The lowest BCUT2D eigenvalue weighted by Crippen LogP contribution is -2.43. The zero-order valence-corrected chi connectivity index (χ0v) is 19.6. The Morgan fingerprint density at radius 3 is 2.78 bits per heavy atom. The number of nitrogens with one attached hydrogen (secondary N) is 1. The third kappa shape index (κ3) is 4.76. The number of allylic oxidation sites excluding steroid dienone is 1. The van der Waals surface area contributed by atoms with Gasteiger partial charge in [-0.1, -0.05) is 33.8 Å². The van der Waals surface area contributed by atoms with Crippen molar-refractivity contribution in [1.29, 1.82) is 0 Å². The predicted molar refractivity (Wildman–Crippen MR) is 121 cm³/mol. The summed E-state index contributed by atoms with van der Waals surface area (Å²) in [7, 11) is 0. The molecule has 0 aliphatic heterocycles. The highest BCUT2D eigenvalue weighted by Crippen LogP contribution is 2.52. The minimum atomic E-state index is -0.630. The first kappa shape index (κ1) is 23.0. The first-order valence-corrected chi connectivity index (χ1v) is 11.9. The minimum absolute atomic E-state index is 0.0315. The molecule has 1 aromatic heterocycles. The standard InChI is InChI=1S/C25H36FN3O3/c1-15(2)13-32-24-21(12-27-29(24)6-5-25(3,4)14-26)23(31)28-22-18-8-16-7-17(10-18)20(22)11-19(30)9-16/h5-6,12,15-18,20,22H,7-11,13-14H2,1-4H3,(H,28,31)/b6-5+/t16?,17?,18?,20?,22-/m1/s1. The van der Waals surface area contributed by atoms with Gasteiger partial charge in [-0.05, 0) is 48.9 Å². The van der Waals surface area contributed by atoms with E-state index in [1.165, 1.54) is 10.9 Å². The average Bonchev–Trinajstić information content (AvgIpc) is 3.20. The van der Waals surface area contributed by atoms with Crippen molar-refractivity contribution in [3.8, 4) is 5.88 Å². The van der Waals surface area contributed by atoms with Gasteiger partial charge in [-0.3, -0.25) is 14.0 Å². The highest BCUT2D eigenvalue weighted by atomic mass is 19.1. The highest BCUT2D eigenvalue weighted by Gasteiger charge is 2.51. The molecule has 1 N–H and O–H groups in total. The molecule has 0 spiro atoms. The van der Waals surface area contributed by atoms with E-state index in [9.17, 15) is 14.0 Å². The summed E-state index contributed by atoms with van der Waals surface area (Å²) >= 11 is 0. The lowest BCUT2D eigenvalue weighted by atomic mass is 9.79. The molecule has 6 nitrogen and oxygen atoms in total.